The van der Waals surface area contributed by atoms with Crippen LogP contribution in [0, 0.1) is 0 Å². The molecule has 0 aromatic carbocycles. The number of rotatable bonds is 3. The predicted molar refractivity (Wildman–Crippen MR) is 71.6 cm³/mol. The van der Waals surface area contributed by atoms with Crippen LogP contribution in [0.5, 0.6) is 0 Å². The maximum Gasteiger partial charge on any atom is 0.237 e. The molecule has 17 heavy (non-hydrogen) atoms. The van der Waals surface area contributed by atoms with Crippen molar-refractivity contribution in [1.82, 2.24) is 15.6 Å². The Kier molecular flexibility index (Phi) is 7.87. The second-order valence-corrected chi connectivity index (χ2v) is 3.73. The molecule has 1 aliphatic rings. The van der Waals surface area contributed by atoms with E-state index in [2.05, 4.69) is 15.6 Å². The third-order valence-electron chi connectivity index (χ3n) is 2.57. The summed E-state index contributed by atoms with van der Waals surface area (Å²) < 4.78 is 0. The fraction of sp³-hybridized carbons (Fsp3) is 0.455. The van der Waals surface area contributed by atoms with Crippen molar-refractivity contribution >= 4 is 30.7 Å². The molecular weight excluding hydrogens is 261 g/mol. The Morgan fingerprint density at radius 2 is 2.35 bits per heavy atom. The summed E-state index contributed by atoms with van der Waals surface area (Å²) in [6.07, 6.45) is 5.52. The first-order valence-electron chi connectivity index (χ1n) is 5.26. The molecule has 6 heteroatoms. The second-order valence-electron chi connectivity index (χ2n) is 3.73. The van der Waals surface area contributed by atoms with Crippen LogP contribution < -0.4 is 10.6 Å². The molecule has 1 aromatic rings. The maximum absolute atomic E-state index is 11.6. The van der Waals surface area contributed by atoms with Crippen LogP contribution in [0.4, 0.5) is 0 Å². The van der Waals surface area contributed by atoms with E-state index in [1.54, 1.807) is 12.4 Å². The van der Waals surface area contributed by atoms with Crippen LogP contribution in [0.3, 0.4) is 0 Å². The Morgan fingerprint density at radius 1 is 1.53 bits per heavy atom. The molecule has 0 bridgehead atoms. The number of carbonyl (C=O) groups excluding carboxylic acids is 1. The highest BCUT2D eigenvalue weighted by molar-refractivity contribution is 5.85. The highest BCUT2D eigenvalue weighted by Gasteiger charge is 2.21. The first kappa shape index (κ1) is 16.2. The van der Waals surface area contributed by atoms with E-state index >= 15 is 0 Å². The summed E-state index contributed by atoms with van der Waals surface area (Å²) in [4.78, 5) is 15.6. The van der Waals surface area contributed by atoms with Gasteiger partial charge in [-0.05, 0) is 31.0 Å². The number of carbonyl (C=O) groups is 1. The number of hydrogen-bond donors (Lipinski definition) is 2. The van der Waals surface area contributed by atoms with Crippen LogP contribution in [0.1, 0.15) is 18.4 Å². The van der Waals surface area contributed by atoms with Gasteiger partial charge in [-0.2, -0.15) is 0 Å². The predicted octanol–water partition coefficient (Wildman–Crippen LogP) is 1.29. The fourth-order valence-corrected chi connectivity index (χ4v) is 1.72. The van der Waals surface area contributed by atoms with Gasteiger partial charge in [-0.25, -0.2) is 0 Å². The van der Waals surface area contributed by atoms with Gasteiger partial charge in [0, 0.05) is 18.9 Å². The zero-order valence-electron chi connectivity index (χ0n) is 9.39. The van der Waals surface area contributed by atoms with Crippen molar-refractivity contribution in [3.63, 3.8) is 0 Å². The van der Waals surface area contributed by atoms with Crippen LogP contribution in [0.25, 0.3) is 0 Å². The Bertz CT molecular complexity index is 329. The number of amides is 1. The minimum absolute atomic E-state index is 0. The van der Waals surface area contributed by atoms with Gasteiger partial charge in [0.25, 0.3) is 0 Å². The Hall–Kier alpha value is -0.840. The Morgan fingerprint density at radius 3 is 2.94 bits per heavy atom. The number of nitrogens with zero attached hydrogens (tertiary/aromatic N) is 1. The van der Waals surface area contributed by atoms with Crippen LogP contribution in [-0.2, 0) is 11.3 Å². The van der Waals surface area contributed by atoms with E-state index in [9.17, 15) is 4.79 Å². The molecule has 1 saturated heterocycles. The third-order valence-corrected chi connectivity index (χ3v) is 2.57. The van der Waals surface area contributed by atoms with E-state index in [0.717, 1.165) is 24.9 Å². The van der Waals surface area contributed by atoms with Crippen molar-refractivity contribution < 1.29 is 4.79 Å². The maximum atomic E-state index is 11.6. The smallest absolute Gasteiger partial charge is 0.237 e. The van der Waals surface area contributed by atoms with E-state index in [1.807, 2.05) is 12.1 Å². The van der Waals surface area contributed by atoms with E-state index < -0.39 is 0 Å². The summed E-state index contributed by atoms with van der Waals surface area (Å²) in [5.74, 6) is 0.0938. The lowest BCUT2D eigenvalue weighted by molar-refractivity contribution is -0.122. The Labute approximate surface area is 113 Å². The molecule has 1 fully saturated rings. The van der Waals surface area contributed by atoms with Crippen molar-refractivity contribution in [1.29, 1.82) is 0 Å². The first-order chi connectivity index (χ1) is 7.36. The van der Waals surface area contributed by atoms with Crippen molar-refractivity contribution in [2.75, 3.05) is 6.54 Å². The quantitative estimate of drug-likeness (QED) is 0.876. The molecule has 1 atom stereocenters. The standard InChI is InChI=1S/C11H15N3O.2ClH/c15-11(10-4-2-6-13-10)14-8-9-3-1-5-12-7-9;;/h1,3,5,7,10,13H,2,4,6,8H2,(H,14,15);2*1H. The number of hydrogen-bond acceptors (Lipinski definition) is 3. The molecule has 2 rings (SSSR count). The lowest BCUT2D eigenvalue weighted by Gasteiger charge is -2.10. The van der Waals surface area contributed by atoms with Gasteiger partial charge in [0.05, 0.1) is 6.04 Å². The normalized spacial score (nSPS) is 17.8. The summed E-state index contributed by atoms with van der Waals surface area (Å²) in [5, 5.41) is 6.06. The summed E-state index contributed by atoms with van der Waals surface area (Å²) >= 11 is 0. The molecular formula is C11H17Cl2N3O. The lowest BCUT2D eigenvalue weighted by Crippen LogP contribution is -2.39. The monoisotopic (exact) mass is 277 g/mol. The molecule has 2 heterocycles. The lowest BCUT2D eigenvalue weighted by atomic mass is 10.2. The van der Waals surface area contributed by atoms with Crippen molar-refractivity contribution in [3.05, 3.63) is 30.1 Å². The molecule has 0 saturated carbocycles. The van der Waals surface area contributed by atoms with E-state index in [1.165, 1.54) is 0 Å². The minimum atomic E-state index is 0. The van der Waals surface area contributed by atoms with Gasteiger partial charge in [0.2, 0.25) is 5.91 Å². The van der Waals surface area contributed by atoms with Gasteiger partial charge >= 0.3 is 0 Å². The van der Waals surface area contributed by atoms with Crippen LogP contribution >= 0.6 is 24.8 Å². The summed E-state index contributed by atoms with van der Waals surface area (Å²) in [7, 11) is 0. The average Bonchev–Trinajstić information content (AvgIpc) is 2.81. The minimum Gasteiger partial charge on any atom is -0.351 e. The van der Waals surface area contributed by atoms with E-state index in [0.29, 0.717) is 6.54 Å². The molecule has 1 aliphatic heterocycles. The molecule has 1 amide bonds. The molecule has 0 spiro atoms. The zero-order chi connectivity index (χ0) is 10.5. The largest absolute Gasteiger partial charge is 0.351 e. The number of aromatic nitrogens is 1. The van der Waals surface area contributed by atoms with Crippen LogP contribution in [0.15, 0.2) is 24.5 Å². The van der Waals surface area contributed by atoms with Crippen LogP contribution in [0.2, 0.25) is 0 Å². The Balaban J connectivity index is 0.00000128. The summed E-state index contributed by atoms with van der Waals surface area (Å²) in [6, 6.07) is 3.83. The second kappa shape index (κ2) is 8.28. The van der Waals surface area contributed by atoms with Gasteiger partial charge in [0.15, 0.2) is 0 Å². The first-order valence-corrected chi connectivity index (χ1v) is 5.26. The summed E-state index contributed by atoms with van der Waals surface area (Å²) in [6.45, 7) is 1.51. The number of halogens is 2. The molecule has 1 aromatic heterocycles. The highest BCUT2D eigenvalue weighted by Crippen LogP contribution is 2.05. The SMILES string of the molecule is Cl.Cl.O=C(NCc1cccnc1)C1CCCN1. The fourth-order valence-electron chi connectivity index (χ4n) is 1.72. The molecule has 2 N–H and O–H groups in total. The topological polar surface area (TPSA) is 54.0 Å². The number of nitrogens with one attached hydrogen (secondary N) is 2. The van der Waals surface area contributed by atoms with Gasteiger partial charge in [-0.15, -0.1) is 24.8 Å². The summed E-state index contributed by atoms with van der Waals surface area (Å²) in [5.41, 5.74) is 1.03. The molecule has 96 valence electrons. The average molecular weight is 278 g/mol. The van der Waals surface area contributed by atoms with E-state index in [4.69, 9.17) is 0 Å². The van der Waals surface area contributed by atoms with E-state index in [-0.39, 0.29) is 36.8 Å². The third kappa shape index (κ3) is 4.89. The van der Waals surface area contributed by atoms with Crippen molar-refractivity contribution in [2.24, 2.45) is 0 Å². The van der Waals surface area contributed by atoms with Crippen molar-refractivity contribution in [2.45, 2.75) is 25.4 Å². The molecule has 0 aliphatic carbocycles. The molecule has 0 radical (unpaired) electrons. The molecule has 1 unspecified atom stereocenters. The number of pyridine rings is 1. The van der Waals surface area contributed by atoms with Gasteiger partial charge < -0.3 is 10.6 Å². The van der Waals surface area contributed by atoms with Gasteiger partial charge in [-0.3, -0.25) is 9.78 Å². The molecule has 4 nitrogen and oxygen atoms in total. The van der Waals surface area contributed by atoms with Crippen molar-refractivity contribution in [3.8, 4) is 0 Å². The highest BCUT2D eigenvalue weighted by atomic mass is 35.5. The zero-order valence-corrected chi connectivity index (χ0v) is 11.0. The van der Waals surface area contributed by atoms with Gasteiger partial charge in [-0.1, -0.05) is 6.07 Å². The van der Waals surface area contributed by atoms with Gasteiger partial charge in [0.1, 0.15) is 0 Å². The van der Waals surface area contributed by atoms with Crippen LogP contribution in [-0.4, -0.2) is 23.5 Å².